The van der Waals surface area contributed by atoms with E-state index in [-0.39, 0.29) is 5.75 Å². The minimum atomic E-state index is 0.262. The first-order valence-corrected chi connectivity index (χ1v) is 6.41. The Labute approximate surface area is 107 Å². The molecule has 18 heavy (non-hydrogen) atoms. The third-order valence-corrected chi connectivity index (χ3v) is 3.34. The van der Waals surface area contributed by atoms with Crippen LogP contribution in [0.5, 0.6) is 17.2 Å². The molecule has 2 aromatic carbocycles. The molecule has 0 radical (unpaired) electrons. The van der Waals surface area contributed by atoms with E-state index in [4.69, 9.17) is 4.74 Å². The van der Waals surface area contributed by atoms with Crippen molar-refractivity contribution in [2.45, 2.75) is 25.7 Å². The van der Waals surface area contributed by atoms with Crippen molar-refractivity contribution in [2.75, 3.05) is 0 Å². The number of ether oxygens (including phenoxy) is 1. The third kappa shape index (κ3) is 2.33. The Bertz CT molecular complexity index is 547. The van der Waals surface area contributed by atoms with Crippen LogP contribution in [0.15, 0.2) is 42.5 Å². The van der Waals surface area contributed by atoms with Crippen LogP contribution in [0, 0.1) is 0 Å². The molecule has 2 heteroatoms. The fourth-order valence-electron chi connectivity index (χ4n) is 2.27. The summed E-state index contributed by atoms with van der Waals surface area (Å²) in [6.07, 6.45) is 4.48. The van der Waals surface area contributed by atoms with Crippen molar-refractivity contribution in [3.63, 3.8) is 0 Å². The van der Waals surface area contributed by atoms with Gasteiger partial charge in [0, 0.05) is 0 Å². The zero-order valence-electron chi connectivity index (χ0n) is 10.2. The molecule has 0 aromatic heterocycles. The lowest BCUT2D eigenvalue weighted by atomic mass is 10.0. The molecule has 92 valence electrons. The predicted molar refractivity (Wildman–Crippen MR) is 71.3 cm³/mol. The maximum absolute atomic E-state index is 9.39. The Morgan fingerprint density at radius 3 is 2.44 bits per heavy atom. The zero-order valence-corrected chi connectivity index (χ0v) is 10.2. The number of phenols is 1. The maximum atomic E-state index is 9.39. The number of unbranched alkanes of at least 4 members (excludes halogenated alkanes) is 1. The molecule has 1 N–H and O–H groups in total. The third-order valence-electron chi connectivity index (χ3n) is 3.34. The molecule has 1 aliphatic rings. The summed E-state index contributed by atoms with van der Waals surface area (Å²) in [5.74, 6) is 1.84. The SMILES string of the molecule is Oc1ccc(CCCCc2ccccc2)c2c1O2. The number of benzene rings is 2. The molecule has 0 aliphatic carbocycles. The van der Waals surface area contributed by atoms with Crippen LogP contribution in [0.3, 0.4) is 0 Å². The average molecular weight is 240 g/mol. The molecule has 1 aliphatic heterocycles. The van der Waals surface area contributed by atoms with Gasteiger partial charge in [0.2, 0.25) is 5.75 Å². The highest BCUT2D eigenvalue weighted by Gasteiger charge is 2.28. The van der Waals surface area contributed by atoms with Crippen LogP contribution in [0.25, 0.3) is 0 Å². The number of aromatic hydroxyl groups is 1. The Morgan fingerprint density at radius 1 is 0.833 bits per heavy atom. The number of aryl methyl sites for hydroxylation is 2. The summed E-state index contributed by atoms with van der Waals surface area (Å²) >= 11 is 0. The first-order valence-electron chi connectivity index (χ1n) is 6.41. The topological polar surface area (TPSA) is 32.8 Å². The number of phenolic OH excluding ortho intramolecular Hbond substituents is 1. The Kier molecular flexibility index (Phi) is 2.93. The second-order valence-corrected chi connectivity index (χ2v) is 4.70. The molecule has 0 spiro atoms. The second-order valence-electron chi connectivity index (χ2n) is 4.70. The van der Waals surface area contributed by atoms with Crippen molar-refractivity contribution in [2.24, 2.45) is 0 Å². The van der Waals surface area contributed by atoms with Gasteiger partial charge in [-0.15, -0.1) is 0 Å². The van der Waals surface area contributed by atoms with Crippen LogP contribution in [0.1, 0.15) is 24.0 Å². The Hall–Kier alpha value is -1.96. The van der Waals surface area contributed by atoms with Gasteiger partial charge in [-0.1, -0.05) is 36.4 Å². The van der Waals surface area contributed by atoms with E-state index in [1.807, 2.05) is 12.1 Å². The summed E-state index contributed by atoms with van der Waals surface area (Å²) in [5, 5.41) is 9.39. The van der Waals surface area contributed by atoms with Gasteiger partial charge in [-0.05, 0) is 42.9 Å². The van der Waals surface area contributed by atoms with Crippen LogP contribution in [0.4, 0.5) is 0 Å². The van der Waals surface area contributed by atoms with Gasteiger partial charge in [0.25, 0.3) is 0 Å². The van der Waals surface area contributed by atoms with E-state index < -0.39 is 0 Å². The van der Waals surface area contributed by atoms with Crippen molar-refractivity contribution >= 4 is 0 Å². The molecule has 0 saturated heterocycles. The summed E-state index contributed by atoms with van der Waals surface area (Å²) in [6.45, 7) is 0. The molecule has 0 unspecified atom stereocenters. The van der Waals surface area contributed by atoms with Crippen molar-refractivity contribution in [3.05, 3.63) is 53.6 Å². The van der Waals surface area contributed by atoms with Crippen molar-refractivity contribution in [1.82, 2.24) is 0 Å². The van der Waals surface area contributed by atoms with E-state index in [0.717, 1.165) is 25.0 Å². The van der Waals surface area contributed by atoms with Gasteiger partial charge in [-0.3, -0.25) is 0 Å². The minimum absolute atomic E-state index is 0.262. The summed E-state index contributed by atoms with van der Waals surface area (Å²) in [7, 11) is 0. The van der Waals surface area contributed by atoms with Gasteiger partial charge in [-0.25, -0.2) is 0 Å². The quantitative estimate of drug-likeness (QED) is 0.538. The maximum Gasteiger partial charge on any atom is 0.211 e. The van der Waals surface area contributed by atoms with E-state index in [0.29, 0.717) is 5.75 Å². The number of rotatable bonds is 5. The highest BCUT2D eigenvalue weighted by Crippen LogP contribution is 2.54. The molecule has 0 amide bonds. The molecule has 0 bridgehead atoms. The Morgan fingerprint density at radius 2 is 1.61 bits per heavy atom. The van der Waals surface area contributed by atoms with E-state index in [9.17, 15) is 5.11 Å². The van der Waals surface area contributed by atoms with Crippen LogP contribution in [-0.4, -0.2) is 5.11 Å². The van der Waals surface area contributed by atoms with Crippen molar-refractivity contribution < 1.29 is 9.84 Å². The smallest absolute Gasteiger partial charge is 0.211 e. The van der Waals surface area contributed by atoms with Crippen molar-refractivity contribution in [3.8, 4) is 17.2 Å². The summed E-state index contributed by atoms with van der Waals surface area (Å²) in [5.41, 5.74) is 2.62. The van der Waals surface area contributed by atoms with E-state index >= 15 is 0 Å². The molecular formula is C16H16O2. The molecule has 3 rings (SSSR count). The lowest BCUT2D eigenvalue weighted by molar-refractivity contribution is 0.463. The predicted octanol–water partition coefficient (Wildman–Crippen LogP) is 4.06. The number of hydrogen-bond donors (Lipinski definition) is 1. The normalized spacial score (nSPS) is 11.8. The van der Waals surface area contributed by atoms with Crippen LogP contribution >= 0.6 is 0 Å². The highest BCUT2D eigenvalue weighted by molar-refractivity contribution is 5.66. The van der Waals surface area contributed by atoms with Gasteiger partial charge < -0.3 is 9.84 Å². The van der Waals surface area contributed by atoms with Crippen LogP contribution in [0.2, 0.25) is 0 Å². The summed E-state index contributed by atoms with van der Waals surface area (Å²) < 4.78 is 5.26. The summed E-state index contributed by atoms with van der Waals surface area (Å²) in [4.78, 5) is 0. The van der Waals surface area contributed by atoms with Gasteiger partial charge in [0.05, 0.1) is 0 Å². The van der Waals surface area contributed by atoms with Gasteiger partial charge in [-0.2, -0.15) is 0 Å². The lowest BCUT2D eigenvalue weighted by Crippen LogP contribution is -1.88. The molecule has 0 fully saturated rings. The molecular weight excluding hydrogens is 224 g/mol. The van der Waals surface area contributed by atoms with E-state index in [1.54, 1.807) is 6.07 Å². The van der Waals surface area contributed by atoms with Crippen LogP contribution in [-0.2, 0) is 12.8 Å². The molecule has 2 nitrogen and oxygen atoms in total. The number of hydrogen-bond acceptors (Lipinski definition) is 2. The highest BCUT2D eigenvalue weighted by atomic mass is 16.6. The zero-order chi connectivity index (χ0) is 12.4. The van der Waals surface area contributed by atoms with Crippen LogP contribution < -0.4 is 4.74 Å². The fourth-order valence-corrected chi connectivity index (χ4v) is 2.27. The molecule has 0 atom stereocenters. The largest absolute Gasteiger partial charge is 0.504 e. The average Bonchev–Trinajstić information content (AvgIpc) is 3.19. The first kappa shape index (κ1) is 11.1. The van der Waals surface area contributed by atoms with E-state index in [1.165, 1.54) is 17.5 Å². The molecule has 1 heterocycles. The minimum Gasteiger partial charge on any atom is -0.504 e. The Balaban J connectivity index is 1.48. The van der Waals surface area contributed by atoms with Gasteiger partial charge >= 0.3 is 0 Å². The lowest BCUT2D eigenvalue weighted by Gasteiger charge is -2.01. The first-order chi connectivity index (χ1) is 8.84. The fraction of sp³-hybridized carbons (Fsp3) is 0.250. The summed E-state index contributed by atoms with van der Waals surface area (Å²) in [6, 6.07) is 14.2. The molecule has 2 aromatic rings. The monoisotopic (exact) mass is 240 g/mol. The van der Waals surface area contributed by atoms with Gasteiger partial charge in [0.1, 0.15) is 0 Å². The second kappa shape index (κ2) is 4.73. The van der Waals surface area contributed by atoms with E-state index in [2.05, 4.69) is 24.3 Å². The number of fused-ring (bicyclic) bond motifs is 1. The standard InChI is InChI=1S/C16H16O2/c17-14-11-10-13(15-16(14)18-15)9-5-4-8-12-6-2-1-3-7-12/h1-3,6-7,10-11,17H,4-5,8-9H2. The molecule has 0 saturated carbocycles. The van der Waals surface area contributed by atoms with Gasteiger partial charge in [0.15, 0.2) is 11.5 Å². The van der Waals surface area contributed by atoms with Crippen molar-refractivity contribution in [1.29, 1.82) is 0 Å².